The number of hydrogen-bond donors (Lipinski definition) is 7. The third-order valence-electron chi connectivity index (χ3n) is 7.56. The van der Waals surface area contributed by atoms with E-state index in [0.29, 0.717) is 12.8 Å². The molecule has 8 nitrogen and oxygen atoms in total. The molecule has 8 heteroatoms. The molecule has 35 heavy (non-hydrogen) atoms. The summed E-state index contributed by atoms with van der Waals surface area (Å²) in [5.74, 6) is 0.288. The van der Waals surface area contributed by atoms with Crippen LogP contribution in [0, 0.1) is 5.41 Å². The van der Waals surface area contributed by atoms with E-state index in [4.69, 9.17) is 0 Å². The van der Waals surface area contributed by atoms with E-state index in [9.17, 15) is 4.79 Å². The molecule has 0 amide bonds. The van der Waals surface area contributed by atoms with Crippen molar-refractivity contribution in [1.82, 2.24) is 37.2 Å². The number of carbonyl (C=O) groups excluding carboxylic acids is 1. The van der Waals surface area contributed by atoms with Gasteiger partial charge in [0.25, 0.3) is 0 Å². The number of carbonyl (C=O) groups is 1. The first kappa shape index (κ1) is 28.2. The van der Waals surface area contributed by atoms with Gasteiger partial charge in [0.15, 0.2) is 0 Å². The summed E-state index contributed by atoms with van der Waals surface area (Å²) in [6.07, 6.45) is 2.28. The average Bonchev–Trinajstić information content (AvgIpc) is 2.88. The predicted octanol–water partition coefficient (Wildman–Crippen LogP) is -0.00220. The van der Waals surface area contributed by atoms with Gasteiger partial charge in [-0.3, -0.25) is 4.79 Å². The minimum Gasteiger partial charge on any atom is -0.315 e. The van der Waals surface area contributed by atoms with Crippen LogP contribution in [0.15, 0.2) is 24.3 Å². The van der Waals surface area contributed by atoms with Crippen LogP contribution in [0.4, 0.5) is 0 Å². The molecule has 3 fully saturated rings. The molecule has 0 radical (unpaired) electrons. The Morgan fingerprint density at radius 3 is 1.57 bits per heavy atom. The fraction of sp³-hybridized carbons (Fsp3) is 0.741. The van der Waals surface area contributed by atoms with E-state index in [2.05, 4.69) is 68.4 Å². The maximum atomic E-state index is 11.8. The number of hydrogen-bond acceptors (Lipinski definition) is 8. The van der Waals surface area contributed by atoms with Crippen LogP contribution in [-0.4, -0.2) is 89.9 Å². The Morgan fingerprint density at radius 2 is 1.14 bits per heavy atom. The molecule has 0 unspecified atom stereocenters. The SMILES string of the molecule is CCC(=O)Cc1ccc(CNC23CNCCNCC(CC)(CNCCNC2)CNCCNC3)cc1. The molecule has 4 rings (SSSR count). The number of Topliss-reactive ketones (excluding diaryl/α,β-unsaturated/α-hetero) is 1. The summed E-state index contributed by atoms with van der Waals surface area (Å²) in [7, 11) is 0. The topological polar surface area (TPSA) is 101 Å². The summed E-state index contributed by atoms with van der Waals surface area (Å²) < 4.78 is 0. The van der Waals surface area contributed by atoms with Crippen molar-refractivity contribution in [2.45, 2.75) is 45.2 Å². The van der Waals surface area contributed by atoms with Gasteiger partial charge in [-0.25, -0.2) is 0 Å². The number of rotatable bonds is 7. The van der Waals surface area contributed by atoms with Gasteiger partial charge in [0, 0.05) is 103 Å². The first-order valence-electron chi connectivity index (χ1n) is 13.7. The van der Waals surface area contributed by atoms with Crippen LogP contribution >= 0.6 is 0 Å². The van der Waals surface area contributed by atoms with Gasteiger partial charge in [-0.1, -0.05) is 38.1 Å². The Morgan fingerprint density at radius 1 is 0.714 bits per heavy atom. The van der Waals surface area contributed by atoms with Gasteiger partial charge in [0.05, 0.1) is 5.54 Å². The zero-order valence-electron chi connectivity index (χ0n) is 22.0. The highest BCUT2D eigenvalue weighted by Crippen LogP contribution is 2.19. The fourth-order valence-electron chi connectivity index (χ4n) is 4.93. The van der Waals surface area contributed by atoms with Crippen LogP contribution < -0.4 is 37.2 Å². The molecule has 1 aromatic rings. The minimum absolute atomic E-state index is 0.113. The van der Waals surface area contributed by atoms with E-state index in [1.807, 2.05) is 6.92 Å². The Kier molecular flexibility index (Phi) is 12.1. The largest absolute Gasteiger partial charge is 0.315 e. The van der Waals surface area contributed by atoms with Crippen LogP contribution in [0.25, 0.3) is 0 Å². The second-order valence-electron chi connectivity index (χ2n) is 10.4. The summed E-state index contributed by atoms with van der Waals surface area (Å²) in [5, 5.41) is 26.2. The van der Waals surface area contributed by atoms with E-state index in [-0.39, 0.29) is 16.7 Å². The lowest BCUT2D eigenvalue weighted by atomic mass is 9.84. The molecule has 198 valence electrons. The molecule has 7 N–H and O–H groups in total. The minimum atomic E-state index is -0.113. The van der Waals surface area contributed by atoms with Crippen LogP contribution in [-0.2, 0) is 17.8 Å². The third-order valence-corrected chi connectivity index (χ3v) is 7.56. The number of fused-ring (bicyclic) bond motifs is 15. The van der Waals surface area contributed by atoms with Gasteiger partial charge >= 0.3 is 0 Å². The molecule has 0 saturated carbocycles. The standard InChI is InChI=1S/C27H49N7O/c1-3-25(35)15-23-5-7-24(8-6-23)16-34-27-20-31-12-9-28-17-26(4-2,18-29-10-13-32-21-27)19-30-11-14-33-22-27/h5-8,28-34H,3-4,9-22H2,1-2H3. The zero-order valence-corrected chi connectivity index (χ0v) is 22.0. The first-order valence-corrected chi connectivity index (χ1v) is 13.7. The van der Waals surface area contributed by atoms with Crippen molar-refractivity contribution in [2.24, 2.45) is 5.41 Å². The highest BCUT2D eigenvalue weighted by Gasteiger charge is 2.30. The quantitative estimate of drug-likeness (QED) is 0.289. The van der Waals surface area contributed by atoms with Crippen molar-refractivity contribution in [3.05, 3.63) is 35.4 Å². The maximum absolute atomic E-state index is 11.8. The van der Waals surface area contributed by atoms with Gasteiger partial charge in [0.2, 0.25) is 0 Å². The lowest BCUT2D eigenvalue weighted by molar-refractivity contribution is -0.118. The average molecular weight is 488 g/mol. The van der Waals surface area contributed by atoms with E-state index in [1.54, 1.807) is 0 Å². The Labute approximate surface area is 212 Å². The van der Waals surface area contributed by atoms with Crippen molar-refractivity contribution >= 4 is 5.78 Å². The Hall–Kier alpha value is -1.39. The highest BCUT2D eigenvalue weighted by molar-refractivity contribution is 5.80. The fourth-order valence-corrected chi connectivity index (χ4v) is 4.93. The second kappa shape index (κ2) is 15.0. The van der Waals surface area contributed by atoms with Crippen molar-refractivity contribution in [3.8, 4) is 0 Å². The van der Waals surface area contributed by atoms with Crippen molar-refractivity contribution < 1.29 is 4.79 Å². The summed E-state index contributed by atoms with van der Waals surface area (Å²) in [5.41, 5.74) is 2.46. The molecule has 3 aliphatic heterocycles. The zero-order chi connectivity index (χ0) is 24.8. The smallest absolute Gasteiger partial charge is 0.136 e. The number of benzene rings is 1. The summed E-state index contributed by atoms with van der Waals surface area (Å²) in [6.45, 7) is 16.5. The van der Waals surface area contributed by atoms with Crippen LogP contribution in [0.2, 0.25) is 0 Å². The van der Waals surface area contributed by atoms with Gasteiger partial charge in [0.1, 0.15) is 5.78 Å². The molecule has 2 bridgehead atoms. The maximum Gasteiger partial charge on any atom is 0.136 e. The van der Waals surface area contributed by atoms with Crippen molar-refractivity contribution in [2.75, 3.05) is 78.5 Å². The summed E-state index contributed by atoms with van der Waals surface area (Å²) in [6, 6.07) is 8.49. The molecular weight excluding hydrogens is 438 g/mol. The summed E-state index contributed by atoms with van der Waals surface area (Å²) >= 11 is 0. The number of ketones is 1. The van der Waals surface area contributed by atoms with Gasteiger partial charge < -0.3 is 37.2 Å². The van der Waals surface area contributed by atoms with Gasteiger partial charge in [-0.2, -0.15) is 0 Å². The molecule has 3 heterocycles. The molecule has 0 aromatic heterocycles. The summed E-state index contributed by atoms with van der Waals surface area (Å²) in [4.78, 5) is 11.8. The molecule has 1 aromatic carbocycles. The highest BCUT2D eigenvalue weighted by atomic mass is 16.1. The monoisotopic (exact) mass is 487 g/mol. The molecule has 0 atom stereocenters. The molecule has 0 spiro atoms. The second-order valence-corrected chi connectivity index (χ2v) is 10.4. The Balaban J connectivity index is 1.68. The van der Waals surface area contributed by atoms with Crippen LogP contribution in [0.1, 0.15) is 37.8 Å². The van der Waals surface area contributed by atoms with E-state index >= 15 is 0 Å². The molecule has 0 aliphatic carbocycles. The van der Waals surface area contributed by atoms with Gasteiger partial charge in [-0.15, -0.1) is 0 Å². The molecular formula is C27H49N7O. The van der Waals surface area contributed by atoms with Crippen LogP contribution in [0.3, 0.4) is 0 Å². The predicted molar refractivity (Wildman–Crippen MR) is 145 cm³/mol. The lowest BCUT2D eigenvalue weighted by Gasteiger charge is -2.38. The van der Waals surface area contributed by atoms with E-state index < -0.39 is 0 Å². The third kappa shape index (κ3) is 9.53. The Bertz CT molecular complexity index is 696. The first-order chi connectivity index (χ1) is 17.1. The lowest BCUT2D eigenvalue weighted by Crippen LogP contribution is -2.64. The van der Waals surface area contributed by atoms with E-state index in [1.165, 1.54) is 5.56 Å². The van der Waals surface area contributed by atoms with Crippen LogP contribution in [0.5, 0.6) is 0 Å². The van der Waals surface area contributed by atoms with Crippen molar-refractivity contribution in [3.63, 3.8) is 0 Å². The molecule has 3 aliphatic rings. The number of nitrogens with one attached hydrogen (secondary N) is 7. The van der Waals surface area contributed by atoms with E-state index in [0.717, 1.165) is 97.1 Å². The van der Waals surface area contributed by atoms with Gasteiger partial charge in [-0.05, 0) is 17.5 Å². The normalized spacial score (nSPS) is 27.7. The molecule has 3 saturated heterocycles. The van der Waals surface area contributed by atoms with Crippen molar-refractivity contribution in [1.29, 1.82) is 0 Å².